The molecule has 7 nitrogen and oxygen atoms in total. The van der Waals surface area contributed by atoms with Crippen molar-refractivity contribution in [1.82, 2.24) is 10.2 Å². The Morgan fingerprint density at radius 1 is 1.09 bits per heavy atom. The van der Waals surface area contributed by atoms with Crippen LogP contribution in [0.4, 0.5) is 4.79 Å². The molecule has 1 aliphatic heterocycles. The molecule has 0 saturated carbocycles. The van der Waals surface area contributed by atoms with E-state index < -0.39 is 12.1 Å². The van der Waals surface area contributed by atoms with Crippen LogP contribution >= 0.6 is 0 Å². The summed E-state index contributed by atoms with van der Waals surface area (Å²) in [6.45, 7) is 2.62. The Balaban J connectivity index is 1.30. The van der Waals surface area contributed by atoms with Gasteiger partial charge in [-0.3, -0.25) is 9.59 Å². The molecule has 1 heterocycles. The van der Waals surface area contributed by atoms with Crippen molar-refractivity contribution < 1.29 is 24.2 Å². The van der Waals surface area contributed by atoms with Gasteiger partial charge in [0.2, 0.25) is 5.91 Å². The first-order valence-corrected chi connectivity index (χ1v) is 11.2. The fourth-order valence-electron chi connectivity index (χ4n) is 4.77. The molecule has 1 fully saturated rings. The number of hydrogen-bond donors (Lipinski definition) is 2. The summed E-state index contributed by atoms with van der Waals surface area (Å²) in [5.74, 6) is -1.10. The Hall–Kier alpha value is -3.61. The van der Waals surface area contributed by atoms with E-state index in [1.165, 1.54) is 11.1 Å². The van der Waals surface area contributed by atoms with Crippen molar-refractivity contribution in [1.29, 1.82) is 0 Å². The van der Waals surface area contributed by atoms with Gasteiger partial charge in [-0.05, 0) is 42.0 Å². The van der Waals surface area contributed by atoms with Gasteiger partial charge in [0, 0.05) is 30.6 Å². The van der Waals surface area contributed by atoms with E-state index in [1.54, 1.807) is 17.9 Å². The summed E-state index contributed by atoms with van der Waals surface area (Å²) in [6.07, 6.45) is 2.55. The van der Waals surface area contributed by atoms with E-state index in [-0.39, 0.29) is 37.4 Å². The molecule has 0 unspecified atom stereocenters. The van der Waals surface area contributed by atoms with Crippen LogP contribution in [0.3, 0.4) is 0 Å². The smallest absolute Gasteiger partial charge is 0.407 e. The highest BCUT2D eigenvalue weighted by Gasteiger charge is 2.31. The van der Waals surface area contributed by atoms with Gasteiger partial charge >= 0.3 is 12.1 Å². The number of aliphatic carboxylic acids is 1. The summed E-state index contributed by atoms with van der Waals surface area (Å²) in [5, 5.41) is 11.7. The number of nitrogens with zero attached hydrogens (tertiary/aromatic N) is 1. The zero-order valence-corrected chi connectivity index (χ0v) is 18.6. The topological polar surface area (TPSA) is 95.9 Å². The summed E-state index contributed by atoms with van der Waals surface area (Å²) in [6, 6.07) is 16.0. The van der Waals surface area contributed by atoms with Gasteiger partial charge in [-0.15, -0.1) is 0 Å². The fourth-order valence-corrected chi connectivity index (χ4v) is 4.77. The molecule has 33 heavy (non-hydrogen) atoms. The van der Waals surface area contributed by atoms with Crippen LogP contribution in [0.1, 0.15) is 43.2 Å². The number of likely N-dealkylation sites (tertiary alicyclic amines) is 1. The first-order chi connectivity index (χ1) is 16.0. The van der Waals surface area contributed by atoms with Gasteiger partial charge in [-0.25, -0.2) is 4.79 Å². The van der Waals surface area contributed by atoms with Gasteiger partial charge < -0.3 is 20.1 Å². The lowest BCUT2D eigenvalue weighted by atomic mass is 9.98. The number of alkyl carbamates (subject to hydrolysis) is 1. The van der Waals surface area contributed by atoms with Gasteiger partial charge in [0.1, 0.15) is 6.61 Å². The number of rotatable bonds is 7. The molecule has 2 aliphatic rings. The number of carbonyl (C=O) groups is 3. The molecule has 1 atom stereocenters. The third-order valence-corrected chi connectivity index (χ3v) is 6.38. The molecular formula is C26H28N2O5. The lowest BCUT2D eigenvalue weighted by molar-refractivity contribution is -0.139. The van der Waals surface area contributed by atoms with Gasteiger partial charge in [-0.1, -0.05) is 54.6 Å². The number of fused-ring (bicyclic) bond motifs is 3. The number of ether oxygens (including phenoxy) is 1. The molecule has 172 valence electrons. The summed E-state index contributed by atoms with van der Waals surface area (Å²) in [5.41, 5.74) is 5.11. The second-order valence-corrected chi connectivity index (χ2v) is 8.49. The maximum Gasteiger partial charge on any atom is 0.407 e. The first kappa shape index (κ1) is 22.6. The van der Waals surface area contributed by atoms with E-state index in [9.17, 15) is 14.4 Å². The SMILES string of the molecule is C/C(=C\CNC(=O)OCC1c2ccccc2-c2ccccc21)C(=O)N1CCC[C@@H]1CC(=O)O. The van der Waals surface area contributed by atoms with Crippen LogP contribution in [0.15, 0.2) is 60.2 Å². The Morgan fingerprint density at radius 2 is 1.73 bits per heavy atom. The fraction of sp³-hybridized carbons (Fsp3) is 0.346. The van der Waals surface area contributed by atoms with Crippen molar-refractivity contribution in [2.45, 2.75) is 38.1 Å². The van der Waals surface area contributed by atoms with Crippen molar-refractivity contribution in [2.24, 2.45) is 0 Å². The highest BCUT2D eigenvalue weighted by molar-refractivity contribution is 5.93. The van der Waals surface area contributed by atoms with Gasteiger partial charge in [0.25, 0.3) is 0 Å². The van der Waals surface area contributed by atoms with Crippen LogP contribution in [0.5, 0.6) is 0 Å². The molecular weight excluding hydrogens is 420 g/mol. The maximum atomic E-state index is 12.7. The number of nitrogens with one attached hydrogen (secondary N) is 1. The predicted molar refractivity (Wildman–Crippen MR) is 124 cm³/mol. The zero-order chi connectivity index (χ0) is 23.4. The average molecular weight is 449 g/mol. The molecule has 1 aliphatic carbocycles. The maximum absolute atomic E-state index is 12.7. The molecule has 0 spiro atoms. The van der Waals surface area contributed by atoms with Crippen LogP contribution in [-0.4, -0.2) is 53.7 Å². The third kappa shape index (κ3) is 4.92. The molecule has 4 rings (SSSR count). The van der Waals surface area contributed by atoms with Crippen LogP contribution in [0, 0.1) is 0 Å². The first-order valence-electron chi connectivity index (χ1n) is 11.2. The molecule has 7 heteroatoms. The van der Waals surface area contributed by atoms with Crippen molar-refractivity contribution >= 4 is 18.0 Å². The Bertz CT molecular complexity index is 1050. The lowest BCUT2D eigenvalue weighted by Crippen LogP contribution is -2.37. The highest BCUT2D eigenvalue weighted by atomic mass is 16.5. The number of carboxylic acid groups (broad SMARTS) is 1. The Morgan fingerprint density at radius 3 is 2.36 bits per heavy atom. The summed E-state index contributed by atoms with van der Waals surface area (Å²) < 4.78 is 5.50. The molecule has 2 N–H and O–H groups in total. The van der Waals surface area contributed by atoms with E-state index in [0.29, 0.717) is 18.5 Å². The molecule has 0 bridgehead atoms. The van der Waals surface area contributed by atoms with E-state index in [4.69, 9.17) is 9.84 Å². The quantitative estimate of drug-likeness (QED) is 0.626. The van der Waals surface area contributed by atoms with Crippen LogP contribution in [-0.2, 0) is 14.3 Å². The monoisotopic (exact) mass is 448 g/mol. The Labute approximate surface area is 193 Å². The number of carbonyl (C=O) groups excluding carboxylic acids is 2. The molecule has 2 aromatic rings. The van der Waals surface area contributed by atoms with Crippen LogP contribution < -0.4 is 5.32 Å². The molecule has 0 radical (unpaired) electrons. The minimum absolute atomic E-state index is 0.0108. The number of hydrogen-bond acceptors (Lipinski definition) is 4. The second kappa shape index (κ2) is 9.90. The molecule has 2 aromatic carbocycles. The lowest BCUT2D eigenvalue weighted by Gasteiger charge is -2.23. The van der Waals surface area contributed by atoms with E-state index in [2.05, 4.69) is 29.6 Å². The van der Waals surface area contributed by atoms with Crippen LogP contribution in [0.25, 0.3) is 11.1 Å². The number of amides is 2. The van der Waals surface area contributed by atoms with E-state index >= 15 is 0 Å². The van der Waals surface area contributed by atoms with E-state index in [1.807, 2.05) is 24.3 Å². The van der Waals surface area contributed by atoms with Crippen molar-refractivity contribution in [3.8, 4) is 11.1 Å². The normalized spacial score (nSPS) is 17.4. The number of benzene rings is 2. The summed E-state index contributed by atoms with van der Waals surface area (Å²) in [7, 11) is 0. The minimum Gasteiger partial charge on any atom is -0.481 e. The zero-order valence-electron chi connectivity index (χ0n) is 18.6. The molecule has 2 amide bonds. The second-order valence-electron chi connectivity index (χ2n) is 8.49. The van der Waals surface area contributed by atoms with E-state index in [0.717, 1.165) is 17.5 Å². The van der Waals surface area contributed by atoms with Crippen molar-refractivity contribution in [3.05, 3.63) is 71.3 Å². The average Bonchev–Trinajstić information content (AvgIpc) is 3.39. The third-order valence-electron chi connectivity index (χ3n) is 6.38. The highest BCUT2D eigenvalue weighted by Crippen LogP contribution is 2.44. The van der Waals surface area contributed by atoms with Gasteiger partial charge in [-0.2, -0.15) is 0 Å². The molecule has 1 saturated heterocycles. The summed E-state index contributed by atoms with van der Waals surface area (Å²) in [4.78, 5) is 37.6. The van der Waals surface area contributed by atoms with Gasteiger partial charge in [0.05, 0.1) is 6.42 Å². The predicted octanol–water partition coefficient (Wildman–Crippen LogP) is 3.94. The van der Waals surface area contributed by atoms with Crippen molar-refractivity contribution in [3.63, 3.8) is 0 Å². The van der Waals surface area contributed by atoms with Crippen molar-refractivity contribution in [2.75, 3.05) is 19.7 Å². The summed E-state index contributed by atoms with van der Waals surface area (Å²) >= 11 is 0. The molecule has 0 aromatic heterocycles. The minimum atomic E-state index is -0.904. The largest absolute Gasteiger partial charge is 0.481 e. The Kier molecular flexibility index (Phi) is 6.77. The standard InChI is InChI=1S/C26H28N2O5/c1-17(25(31)28-14-6-7-18(28)15-24(29)30)12-13-27-26(32)33-16-23-21-10-4-2-8-19(21)20-9-3-5-11-22(20)23/h2-5,8-12,18,23H,6-7,13-16H2,1H3,(H,27,32)(H,29,30)/b17-12+/t18-/m1/s1. The van der Waals surface area contributed by atoms with Gasteiger partial charge in [0.15, 0.2) is 0 Å². The number of carboxylic acids is 1. The van der Waals surface area contributed by atoms with Crippen LogP contribution in [0.2, 0.25) is 0 Å².